The zero-order valence-electron chi connectivity index (χ0n) is 15.8. The molecule has 0 radical (unpaired) electrons. The van der Waals surface area contributed by atoms with Crippen molar-refractivity contribution in [3.05, 3.63) is 36.4 Å². The summed E-state index contributed by atoms with van der Waals surface area (Å²) in [4.78, 5) is 19.8. The molecule has 1 fully saturated rings. The number of nitrogens with zero attached hydrogens (tertiary/aromatic N) is 2. The highest BCUT2D eigenvalue weighted by molar-refractivity contribution is 7.98. The predicted octanol–water partition coefficient (Wildman–Crippen LogP) is 5.18. The molecular formula is C20H26N2O3S. The van der Waals surface area contributed by atoms with E-state index in [1.807, 2.05) is 20.8 Å². The molecule has 140 valence electrons. The summed E-state index contributed by atoms with van der Waals surface area (Å²) in [6.07, 6.45) is 5.23. The number of ether oxygens (including phenoxy) is 1. The Bertz CT molecular complexity index is 741. The van der Waals surface area contributed by atoms with Gasteiger partial charge in [-0.2, -0.15) is 0 Å². The van der Waals surface area contributed by atoms with Crippen molar-refractivity contribution < 1.29 is 13.9 Å². The van der Waals surface area contributed by atoms with Gasteiger partial charge in [-0.05, 0) is 52.0 Å². The van der Waals surface area contributed by atoms with Gasteiger partial charge in [-0.3, -0.25) is 0 Å². The average Bonchev–Trinajstić information content (AvgIpc) is 3.10. The molecule has 2 aromatic rings. The molecule has 1 aliphatic heterocycles. The Balaban J connectivity index is 1.60. The van der Waals surface area contributed by atoms with Crippen molar-refractivity contribution in [2.45, 2.75) is 50.0 Å². The molecule has 0 N–H and O–H groups in total. The van der Waals surface area contributed by atoms with E-state index in [1.165, 1.54) is 4.90 Å². The summed E-state index contributed by atoms with van der Waals surface area (Å²) in [5.74, 6) is 1.01. The number of carbonyl (C=O) groups excluding carboxylic acids is 1. The number of amides is 1. The van der Waals surface area contributed by atoms with Gasteiger partial charge in [-0.25, -0.2) is 9.78 Å². The molecule has 0 bridgehead atoms. The lowest BCUT2D eigenvalue weighted by Crippen LogP contribution is -2.41. The van der Waals surface area contributed by atoms with Crippen LogP contribution in [-0.2, 0) is 4.74 Å². The number of likely N-dealkylation sites (tertiary alicyclic amines) is 1. The molecule has 1 amide bonds. The minimum Gasteiger partial charge on any atom is -0.448 e. The van der Waals surface area contributed by atoms with Crippen molar-refractivity contribution in [1.82, 2.24) is 9.88 Å². The Morgan fingerprint density at radius 3 is 2.46 bits per heavy atom. The molecule has 6 heteroatoms. The van der Waals surface area contributed by atoms with Crippen molar-refractivity contribution in [2.75, 3.05) is 19.3 Å². The van der Waals surface area contributed by atoms with Crippen LogP contribution in [0.4, 0.5) is 4.79 Å². The van der Waals surface area contributed by atoms with Gasteiger partial charge in [-0.1, -0.05) is 12.1 Å². The lowest BCUT2D eigenvalue weighted by atomic mass is 9.97. The zero-order valence-corrected chi connectivity index (χ0v) is 16.6. The lowest BCUT2D eigenvalue weighted by molar-refractivity contribution is 0.0199. The summed E-state index contributed by atoms with van der Waals surface area (Å²) in [5, 5.41) is 0. The highest BCUT2D eigenvalue weighted by Crippen LogP contribution is 2.30. The molecule has 1 aromatic heterocycles. The Morgan fingerprint density at radius 2 is 1.88 bits per heavy atom. The molecule has 5 nitrogen and oxygen atoms in total. The lowest BCUT2D eigenvalue weighted by Gasteiger charge is -2.32. The zero-order chi connectivity index (χ0) is 18.7. The Labute approximate surface area is 159 Å². The highest BCUT2D eigenvalue weighted by Gasteiger charge is 2.29. The number of rotatable bonds is 3. The van der Waals surface area contributed by atoms with Gasteiger partial charge >= 0.3 is 6.09 Å². The third kappa shape index (κ3) is 4.61. The summed E-state index contributed by atoms with van der Waals surface area (Å²) in [6, 6.07) is 8.32. The maximum atomic E-state index is 12.2. The van der Waals surface area contributed by atoms with Gasteiger partial charge < -0.3 is 14.1 Å². The number of oxazole rings is 1. The summed E-state index contributed by atoms with van der Waals surface area (Å²) >= 11 is 1.72. The molecule has 1 aromatic carbocycles. The van der Waals surface area contributed by atoms with Crippen LogP contribution >= 0.6 is 11.8 Å². The van der Waals surface area contributed by atoms with Crippen molar-refractivity contribution in [2.24, 2.45) is 0 Å². The fraction of sp³-hybridized carbons (Fsp3) is 0.500. The molecule has 2 heterocycles. The van der Waals surface area contributed by atoms with Gasteiger partial charge in [0.15, 0.2) is 5.89 Å². The summed E-state index contributed by atoms with van der Waals surface area (Å²) in [7, 11) is 0. The highest BCUT2D eigenvalue weighted by atomic mass is 32.2. The van der Waals surface area contributed by atoms with E-state index >= 15 is 0 Å². The van der Waals surface area contributed by atoms with E-state index in [0.29, 0.717) is 13.1 Å². The molecule has 26 heavy (non-hydrogen) atoms. The first kappa shape index (κ1) is 18.8. The Hall–Kier alpha value is -1.95. The van der Waals surface area contributed by atoms with Gasteiger partial charge in [0.1, 0.15) is 17.6 Å². The molecule has 3 rings (SSSR count). The van der Waals surface area contributed by atoms with Crippen molar-refractivity contribution in [3.8, 4) is 11.3 Å². The van der Waals surface area contributed by atoms with E-state index in [2.05, 4.69) is 35.5 Å². The van der Waals surface area contributed by atoms with Gasteiger partial charge in [0, 0.05) is 29.5 Å². The summed E-state index contributed by atoms with van der Waals surface area (Å²) in [6.45, 7) is 6.99. The van der Waals surface area contributed by atoms with E-state index in [0.717, 1.165) is 30.0 Å². The largest absolute Gasteiger partial charge is 0.448 e. The van der Waals surface area contributed by atoms with Crippen LogP contribution in [0.1, 0.15) is 45.4 Å². The van der Waals surface area contributed by atoms with E-state index in [1.54, 1.807) is 22.9 Å². The average molecular weight is 375 g/mol. The first-order valence-corrected chi connectivity index (χ1v) is 10.2. The van der Waals surface area contributed by atoms with Crippen LogP contribution in [0.2, 0.25) is 0 Å². The van der Waals surface area contributed by atoms with Crippen LogP contribution in [0.15, 0.2) is 39.8 Å². The van der Waals surface area contributed by atoms with Gasteiger partial charge in [0.05, 0.1) is 0 Å². The van der Waals surface area contributed by atoms with Gasteiger partial charge in [0.25, 0.3) is 0 Å². The van der Waals surface area contributed by atoms with E-state index in [4.69, 9.17) is 9.15 Å². The maximum Gasteiger partial charge on any atom is 0.410 e. The predicted molar refractivity (Wildman–Crippen MR) is 104 cm³/mol. The van der Waals surface area contributed by atoms with Crippen LogP contribution in [-0.4, -0.2) is 40.9 Å². The molecule has 0 saturated carbocycles. The second kappa shape index (κ2) is 7.74. The standard InChI is InChI=1S/C20H26N2O3S/c1-20(2,3)25-19(23)22-11-9-15(10-12-22)18-21-17(13-24-18)14-5-7-16(26-4)8-6-14/h5-8,13,15H,9-12H2,1-4H3. The third-order valence-electron chi connectivity index (χ3n) is 4.40. The summed E-state index contributed by atoms with van der Waals surface area (Å²) in [5.41, 5.74) is 1.46. The van der Waals surface area contributed by atoms with Crippen molar-refractivity contribution in [3.63, 3.8) is 0 Å². The Kier molecular flexibility index (Phi) is 5.61. The monoisotopic (exact) mass is 374 g/mol. The third-order valence-corrected chi connectivity index (χ3v) is 5.15. The quantitative estimate of drug-likeness (QED) is 0.693. The topological polar surface area (TPSA) is 55.6 Å². The smallest absolute Gasteiger partial charge is 0.410 e. The second-order valence-electron chi connectivity index (χ2n) is 7.54. The normalized spacial score (nSPS) is 15.9. The number of aromatic nitrogens is 1. The van der Waals surface area contributed by atoms with Crippen molar-refractivity contribution in [1.29, 1.82) is 0 Å². The maximum absolute atomic E-state index is 12.2. The van der Waals surface area contributed by atoms with Gasteiger partial charge in [-0.15, -0.1) is 11.8 Å². The van der Waals surface area contributed by atoms with E-state index in [9.17, 15) is 4.79 Å². The number of hydrogen-bond donors (Lipinski definition) is 0. The van der Waals surface area contributed by atoms with Crippen LogP contribution in [0.25, 0.3) is 11.3 Å². The molecule has 1 saturated heterocycles. The molecule has 0 spiro atoms. The van der Waals surface area contributed by atoms with E-state index < -0.39 is 5.60 Å². The molecule has 0 unspecified atom stereocenters. The minimum atomic E-state index is -0.461. The van der Waals surface area contributed by atoms with Crippen LogP contribution in [0.3, 0.4) is 0 Å². The molecule has 0 aliphatic carbocycles. The van der Waals surface area contributed by atoms with Crippen LogP contribution in [0, 0.1) is 0 Å². The number of hydrogen-bond acceptors (Lipinski definition) is 5. The fourth-order valence-electron chi connectivity index (χ4n) is 3.00. The first-order valence-electron chi connectivity index (χ1n) is 8.93. The number of carbonyl (C=O) groups is 1. The van der Waals surface area contributed by atoms with Crippen LogP contribution in [0.5, 0.6) is 0 Å². The summed E-state index contributed by atoms with van der Waals surface area (Å²) < 4.78 is 11.2. The minimum absolute atomic E-state index is 0.238. The Morgan fingerprint density at radius 1 is 1.23 bits per heavy atom. The fourth-order valence-corrected chi connectivity index (χ4v) is 3.41. The molecular weight excluding hydrogens is 348 g/mol. The molecule has 1 aliphatic rings. The van der Waals surface area contributed by atoms with Crippen LogP contribution < -0.4 is 0 Å². The number of benzene rings is 1. The molecule has 0 atom stereocenters. The van der Waals surface area contributed by atoms with Gasteiger partial charge in [0.2, 0.25) is 0 Å². The van der Waals surface area contributed by atoms with Crippen molar-refractivity contribution >= 4 is 17.9 Å². The van der Waals surface area contributed by atoms with E-state index in [-0.39, 0.29) is 12.0 Å². The number of thioether (sulfide) groups is 1. The number of piperidine rings is 1. The second-order valence-corrected chi connectivity index (χ2v) is 8.42. The SMILES string of the molecule is CSc1ccc(-c2coc(C3CCN(C(=O)OC(C)(C)C)CC3)n2)cc1. The first-order chi connectivity index (χ1) is 12.4.